The Morgan fingerprint density at radius 3 is 2.20 bits per heavy atom. The van der Waals surface area contributed by atoms with Gasteiger partial charge in [-0.1, -0.05) is 38.1 Å². The van der Waals surface area contributed by atoms with Crippen LogP contribution >= 0.6 is 0 Å². The van der Waals surface area contributed by atoms with E-state index in [4.69, 9.17) is 10.8 Å². The van der Waals surface area contributed by atoms with Gasteiger partial charge in [-0.3, -0.25) is 14.5 Å². The minimum absolute atomic E-state index is 0.0251. The maximum atomic E-state index is 11.1. The molecule has 0 atom stereocenters. The van der Waals surface area contributed by atoms with E-state index in [0.29, 0.717) is 12.5 Å². The van der Waals surface area contributed by atoms with Gasteiger partial charge >= 0.3 is 5.97 Å². The van der Waals surface area contributed by atoms with Gasteiger partial charge in [0.25, 0.3) is 0 Å². The van der Waals surface area contributed by atoms with Crippen LogP contribution in [0.3, 0.4) is 0 Å². The molecule has 1 amide bonds. The summed E-state index contributed by atoms with van der Waals surface area (Å²) in [6.07, 6.45) is 0.0251. The molecule has 0 aromatic heterocycles. The number of benzene rings is 1. The van der Waals surface area contributed by atoms with Gasteiger partial charge in [0, 0.05) is 13.1 Å². The molecule has 0 saturated carbocycles. The quantitative estimate of drug-likeness (QED) is 0.749. The molecular weight excluding hydrogens is 256 g/mol. The second-order valence-electron chi connectivity index (χ2n) is 5.42. The number of hydrogen-bond acceptors (Lipinski definition) is 3. The first-order chi connectivity index (χ1) is 9.36. The molecule has 5 nitrogen and oxygen atoms in total. The van der Waals surface area contributed by atoms with Gasteiger partial charge in [0.15, 0.2) is 0 Å². The minimum atomic E-state index is -0.840. The summed E-state index contributed by atoms with van der Waals surface area (Å²) in [5.41, 5.74) is 7.07. The van der Waals surface area contributed by atoms with Crippen molar-refractivity contribution >= 4 is 11.9 Å². The van der Waals surface area contributed by atoms with Crippen molar-refractivity contribution < 1.29 is 14.7 Å². The third-order valence-corrected chi connectivity index (χ3v) is 2.79. The molecule has 1 rings (SSSR count). The standard InChI is InChI=1S/C15H22N2O3/c1-11(2)8-17(10-14(16)18)9-13-5-3-12(4-6-13)7-15(19)20/h3-6,11H,7-10H2,1-2H3,(H2,16,18)(H,19,20). The Balaban J connectivity index is 2.67. The maximum absolute atomic E-state index is 11.1. The van der Waals surface area contributed by atoms with Crippen LogP contribution in [0.1, 0.15) is 25.0 Å². The highest BCUT2D eigenvalue weighted by Gasteiger charge is 2.11. The van der Waals surface area contributed by atoms with Gasteiger partial charge in [-0.2, -0.15) is 0 Å². The summed E-state index contributed by atoms with van der Waals surface area (Å²) >= 11 is 0. The molecule has 0 unspecified atom stereocenters. The largest absolute Gasteiger partial charge is 0.481 e. The Bertz CT molecular complexity index is 455. The molecule has 1 aromatic carbocycles. The van der Waals surface area contributed by atoms with Crippen molar-refractivity contribution in [2.75, 3.05) is 13.1 Å². The van der Waals surface area contributed by atoms with Crippen LogP contribution in [-0.4, -0.2) is 35.0 Å². The SMILES string of the molecule is CC(C)CN(CC(N)=O)Cc1ccc(CC(=O)O)cc1. The number of amides is 1. The number of aliphatic carboxylic acids is 1. The fraction of sp³-hybridized carbons (Fsp3) is 0.467. The average molecular weight is 278 g/mol. The van der Waals surface area contributed by atoms with Crippen molar-refractivity contribution in [3.05, 3.63) is 35.4 Å². The van der Waals surface area contributed by atoms with Gasteiger partial charge in [0.1, 0.15) is 0 Å². The number of rotatable bonds is 8. The normalized spacial score (nSPS) is 11.0. The highest BCUT2D eigenvalue weighted by Crippen LogP contribution is 2.10. The molecular formula is C15H22N2O3. The molecule has 110 valence electrons. The van der Waals surface area contributed by atoms with E-state index in [9.17, 15) is 9.59 Å². The van der Waals surface area contributed by atoms with Crippen LogP contribution in [0.2, 0.25) is 0 Å². The van der Waals surface area contributed by atoms with Crippen LogP contribution < -0.4 is 5.73 Å². The summed E-state index contributed by atoms with van der Waals surface area (Å²) in [5.74, 6) is -0.735. The van der Waals surface area contributed by atoms with Crippen molar-refractivity contribution in [2.45, 2.75) is 26.8 Å². The predicted molar refractivity (Wildman–Crippen MR) is 77.1 cm³/mol. The lowest BCUT2D eigenvalue weighted by Crippen LogP contribution is -2.35. The monoisotopic (exact) mass is 278 g/mol. The molecule has 1 aromatic rings. The van der Waals surface area contributed by atoms with Gasteiger partial charge in [-0.15, -0.1) is 0 Å². The Hall–Kier alpha value is -1.88. The van der Waals surface area contributed by atoms with Crippen LogP contribution in [0.4, 0.5) is 0 Å². The number of carboxylic acid groups (broad SMARTS) is 1. The van der Waals surface area contributed by atoms with E-state index in [2.05, 4.69) is 13.8 Å². The Kier molecular flexibility index (Phi) is 6.18. The Morgan fingerprint density at radius 2 is 1.75 bits per heavy atom. The predicted octanol–water partition coefficient (Wildman–Crippen LogP) is 1.26. The van der Waals surface area contributed by atoms with E-state index >= 15 is 0 Å². The number of carboxylic acids is 1. The van der Waals surface area contributed by atoms with Crippen LogP contribution in [-0.2, 0) is 22.6 Å². The van der Waals surface area contributed by atoms with Gasteiger partial charge in [-0.05, 0) is 17.0 Å². The first-order valence-electron chi connectivity index (χ1n) is 6.67. The topological polar surface area (TPSA) is 83.6 Å². The zero-order chi connectivity index (χ0) is 15.1. The van der Waals surface area contributed by atoms with Gasteiger partial charge in [0.05, 0.1) is 13.0 Å². The van der Waals surface area contributed by atoms with Crippen molar-refractivity contribution in [1.82, 2.24) is 4.90 Å². The zero-order valence-corrected chi connectivity index (χ0v) is 12.0. The fourth-order valence-corrected chi connectivity index (χ4v) is 2.12. The van der Waals surface area contributed by atoms with Crippen LogP contribution in [0.15, 0.2) is 24.3 Å². The lowest BCUT2D eigenvalue weighted by molar-refractivity contribution is -0.136. The summed E-state index contributed by atoms with van der Waals surface area (Å²) < 4.78 is 0. The number of nitrogens with two attached hydrogens (primary N) is 1. The summed E-state index contributed by atoms with van der Waals surface area (Å²) in [7, 11) is 0. The summed E-state index contributed by atoms with van der Waals surface area (Å²) in [4.78, 5) is 23.7. The third-order valence-electron chi connectivity index (χ3n) is 2.79. The first-order valence-corrected chi connectivity index (χ1v) is 6.67. The Labute approximate surface area is 119 Å². The van der Waals surface area contributed by atoms with E-state index in [1.54, 1.807) is 12.1 Å². The lowest BCUT2D eigenvalue weighted by Gasteiger charge is -2.22. The summed E-state index contributed by atoms with van der Waals surface area (Å²) in [6.45, 7) is 5.83. The molecule has 0 aliphatic rings. The molecule has 3 N–H and O–H groups in total. The lowest BCUT2D eigenvalue weighted by atomic mass is 10.1. The van der Waals surface area contributed by atoms with Gasteiger partial charge < -0.3 is 10.8 Å². The van der Waals surface area contributed by atoms with Crippen molar-refractivity contribution in [3.8, 4) is 0 Å². The molecule has 20 heavy (non-hydrogen) atoms. The van der Waals surface area contributed by atoms with Crippen LogP contribution in [0, 0.1) is 5.92 Å². The highest BCUT2D eigenvalue weighted by molar-refractivity contribution is 5.75. The molecule has 0 spiro atoms. The molecule has 0 fully saturated rings. The summed E-state index contributed by atoms with van der Waals surface area (Å²) in [5, 5.41) is 8.72. The van der Waals surface area contributed by atoms with Crippen LogP contribution in [0.25, 0.3) is 0 Å². The maximum Gasteiger partial charge on any atom is 0.307 e. The van der Waals surface area contributed by atoms with Crippen molar-refractivity contribution in [3.63, 3.8) is 0 Å². The second-order valence-corrected chi connectivity index (χ2v) is 5.42. The first kappa shape index (κ1) is 16.2. The smallest absolute Gasteiger partial charge is 0.307 e. The van der Waals surface area contributed by atoms with E-state index in [0.717, 1.165) is 17.7 Å². The van der Waals surface area contributed by atoms with Gasteiger partial charge in [0.2, 0.25) is 5.91 Å². The van der Waals surface area contributed by atoms with Crippen molar-refractivity contribution in [2.24, 2.45) is 11.7 Å². The second kappa shape index (κ2) is 7.65. The molecule has 5 heteroatoms. The van der Waals surface area contributed by atoms with Gasteiger partial charge in [-0.25, -0.2) is 0 Å². The van der Waals surface area contributed by atoms with Crippen LogP contribution in [0.5, 0.6) is 0 Å². The number of hydrogen-bond donors (Lipinski definition) is 2. The van der Waals surface area contributed by atoms with E-state index in [-0.39, 0.29) is 18.9 Å². The number of primary amides is 1. The molecule has 0 bridgehead atoms. The number of carbonyl (C=O) groups excluding carboxylic acids is 1. The van der Waals surface area contributed by atoms with E-state index in [1.807, 2.05) is 17.0 Å². The molecule has 0 aliphatic heterocycles. The molecule has 0 radical (unpaired) electrons. The highest BCUT2D eigenvalue weighted by atomic mass is 16.4. The number of nitrogens with zero attached hydrogens (tertiary/aromatic N) is 1. The van der Waals surface area contributed by atoms with Crippen molar-refractivity contribution in [1.29, 1.82) is 0 Å². The zero-order valence-electron chi connectivity index (χ0n) is 12.0. The molecule has 0 heterocycles. The minimum Gasteiger partial charge on any atom is -0.481 e. The Morgan fingerprint density at radius 1 is 1.20 bits per heavy atom. The third kappa shape index (κ3) is 6.33. The molecule has 0 saturated heterocycles. The average Bonchev–Trinajstić information content (AvgIpc) is 2.29. The summed E-state index contributed by atoms with van der Waals surface area (Å²) in [6, 6.07) is 7.40. The fourth-order valence-electron chi connectivity index (χ4n) is 2.12. The van der Waals surface area contributed by atoms with E-state index < -0.39 is 5.97 Å². The number of carbonyl (C=O) groups is 2. The molecule has 0 aliphatic carbocycles. The van der Waals surface area contributed by atoms with E-state index in [1.165, 1.54) is 0 Å².